The molecule has 0 atom stereocenters. The second kappa shape index (κ2) is 8.85. The molecule has 1 saturated heterocycles. The first-order valence-corrected chi connectivity index (χ1v) is 8.70. The molecule has 0 N–H and O–H groups in total. The molecule has 5 heteroatoms. The first-order valence-electron chi connectivity index (χ1n) is 8.70. The molecule has 134 valence electrons. The number of esters is 1. The number of ether oxygens (including phenoxy) is 1. The quantitative estimate of drug-likeness (QED) is 0.614. The molecule has 3 rings (SSSR count). The van der Waals surface area contributed by atoms with Crippen molar-refractivity contribution >= 4 is 23.6 Å². The Kier molecular flexibility index (Phi) is 6.04. The van der Waals surface area contributed by atoms with Crippen LogP contribution in [0.3, 0.4) is 0 Å². The topological polar surface area (TPSA) is 49.9 Å². The molecule has 2 aromatic carbocycles. The number of amides is 1. The summed E-state index contributed by atoms with van der Waals surface area (Å²) in [6.45, 7) is 2.59. The maximum atomic E-state index is 12.2. The Morgan fingerprint density at radius 2 is 1.50 bits per heavy atom. The molecule has 1 aliphatic heterocycles. The maximum Gasteiger partial charge on any atom is 0.331 e. The first-order chi connectivity index (χ1) is 12.7. The monoisotopic (exact) mass is 350 g/mol. The molecule has 1 amide bonds. The van der Waals surface area contributed by atoms with E-state index in [-0.39, 0.29) is 12.5 Å². The molecule has 2 aromatic rings. The molecule has 0 spiro atoms. The van der Waals surface area contributed by atoms with Crippen LogP contribution in [0.15, 0.2) is 66.7 Å². The number of rotatable bonds is 5. The van der Waals surface area contributed by atoms with E-state index in [0.29, 0.717) is 13.1 Å². The lowest BCUT2D eigenvalue weighted by molar-refractivity contribution is -0.148. The van der Waals surface area contributed by atoms with Gasteiger partial charge in [0.15, 0.2) is 6.61 Å². The summed E-state index contributed by atoms with van der Waals surface area (Å²) in [5.74, 6) is -0.663. The molecule has 1 heterocycles. The van der Waals surface area contributed by atoms with Crippen molar-refractivity contribution in [3.05, 3.63) is 72.3 Å². The minimum absolute atomic E-state index is 0.154. The van der Waals surface area contributed by atoms with Gasteiger partial charge in [-0.1, -0.05) is 48.5 Å². The molecular formula is C21H22N2O3. The fraction of sp³-hybridized carbons (Fsp3) is 0.238. The highest BCUT2D eigenvalue weighted by atomic mass is 16.5. The summed E-state index contributed by atoms with van der Waals surface area (Å²) in [7, 11) is 0. The van der Waals surface area contributed by atoms with Crippen molar-refractivity contribution < 1.29 is 14.3 Å². The van der Waals surface area contributed by atoms with Crippen LogP contribution < -0.4 is 4.90 Å². The highest BCUT2D eigenvalue weighted by Gasteiger charge is 2.21. The van der Waals surface area contributed by atoms with Gasteiger partial charge in [0, 0.05) is 37.9 Å². The Labute approximate surface area is 153 Å². The molecular weight excluding hydrogens is 328 g/mol. The average molecular weight is 350 g/mol. The molecule has 1 aliphatic rings. The van der Waals surface area contributed by atoms with Crippen molar-refractivity contribution in [1.82, 2.24) is 4.90 Å². The molecule has 0 saturated carbocycles. The zero-order valence-corrected chi connectivity index (χ0v) is 14.6. The van der Waals surface area contributed by atoms with Crippen molar-refractivity contribution in [3.63, 3.8) is 0 Å². The van der Waals surface area contributed by atoms with E-state index < -0.39 is 5.97 Å². The van der Waals surface area contributed by atoms with Crippen LogP contribution in [-0.4, -0.2) is 49.6 Å². The van der Waals surface area contributed by atoms with Crippen molar-refractivity contribution in [2.45, 2.75) is 0 Å². The van der Waals surface area contributed by atoms with Crippen LogP contribution in [0.5, 0.6) is 0 Å². The predicted octanol–water partition coefficient (Wildman–Crippen LogP) is 2.59. The number of carbonyl (C=O) groups is 2. The molecule has 0 aromatic heterocycles. The van der Waals surface area contributed by atoms with Gasteiger partial charge in [-0.3, -0.25) is 4.79 Å². The van der Waals surface area contributed by atoms with E-state index in [9.17, 15) is 9.59 Å². The van der Waals surface area contributed by atoms with Crippen molar-refractivity contribution in [2.24, 2.45) is 0 Å². The second-order valence-corrected chi connectivity index (χ2v) is 6.06. The summed E-state index contributed by atoms with van der Waals surface area (Å²) in [4.78, 5) is 28.0. The van der Waals surface area contributed by atoms with Crippen LogP contribution in [0.4, 0.5) is 5.69 Å². The van der Waals surface area contributed by atoms with Crippen LogP contribution >= 0.6 is 0 Å². The van der Waals surface area contributed by atoms with E-state index in [1.54, 1.807) is 11.0 Å². The van der Waals surface area contributed by atoms with Gasteiger partial charge >= 0.3 is 5.97 Å². The molecule has 26 heavy (non-hydrogen) atoms. The third-order valence-electron chi connectivity index (χ3n) is 4.30. The highest BCUT2D eigenvalue weighted by molar-refractivity contribution is 5.89. The Bertz CT molecular complexity index is 751. The average Bonchev–Trinajstić information content (AvgIpc) is 2.72. The molecule has 0 bridgehead atoms. The number of nitrogens with zero attached hydrogens (tertiary/aromatic N) is 2. The van der Waals surface area contributed by atoms with Gasteiger partial charge in [-0.15, -0.1) is 0 Å². The largest absolute Gasteiger partial charge is 0.452 e. The fourth-order valence-corrected chi connectivity index (χ4v) is 2.85. The third-order valence-corrected chi connectivity index (χ3v) is 4.30. The van der Waals surface area contributed by atoms with Gasteiger partial charge in [-0.25, -0.2) is 4.79 Å². The van der Waals surface area contributed by atoms with Crippen LogP contribution in [0.1, 0.15) is 5.56 Å². The van der Waals surface area contributed by atoms with Gasteiger partial charge in [0.25, 0.3) is 5.91 Å². The number of benzene rings is 2. The van der Waals surface area contributed by atoms with Crippen molar-refractivity contribution in [3.8, 4) is 0 Å². The van der Waals surface area contributed by atoms with E-state index >= 15 is 0 Å². The standard InChI is InChI=1S/C21H22N2O3/c24-20(17-26-21(25)12-11-18-7-3-1-4-8-18)23-15-13-22(14-16-23)19-9-5-2-6-10-19/h1-12H,13-17H2. The lowest BCUT2D eigenvalue weighted by Crippen LogP contribution is -2.49. The molecule has 1 fully saturated rings. The first kappa shape index (κ1) is 17.7. The Morgan fingerprint density at radius 1 is 0.885 bits per heavy atom. The maximum absolute atomic E-state index is 12.2. The van der Waals surface area contributed by atoms with E-state index in [0.717, 1.165) is 24.3 Å². The van der Waals surface area contributed by atoms with Crippen LogP contribution in [-0.2, 0) is 14.3 Å². The van der Waals surface area contributed by atoms with Gasteiger partial charge in [-0.05, 0) is 23.8 Å². The lowest BCUT2D eigenvalue weighted by atomic mass is 10.2. The van der Waals surface area contributed by atoms with Crippen molar-refractivity contribution in [1.29, 1.82) is 0 Å². The number of piperazine rings is 1. The normalized spacial score (nSPS) is 14.5. The lowest BCUT2D eigenvalue weighted by Gasteiger charge is -2.36. The Hall–Kier alpha value is -3.08. The molecule has 0 radical (unpaired) electrons. The third kappa shape index (κ3) is 4.96. The summed E-state index contributed by atoms with van der Waals surface area (Å²) >= 11 is 0. The van der Waals surface area contributed by atoms with E-state index in [1.165, 1.54) is 6.08 Å². The fourth-order valence-electron chi connectivity index (χ4n) is 2.85. The summed E-state index contributed by atoms with van der Waals surface area (Å²) in [5, 5.41) is 0. The summed E-state index contributed by atoms with van der Waals surface area (Å²) in [6.07, 6.45) is 3.02. The number of anilines is 1. The number of hydrogen-bond donors (Lipinski definition) is 0. The zero-order chi connectivity index (χ0) is 18.2. The highest BCUT2D eigenvalue weighted by Crippen LogP contribution is 2.15. The van der Waals surface area contributed by atoms with E-state index in [2.05, 4.69) is 17.0 Å². The summed E-state index contributed by atoms with van der Waals surface area (Å²) in [5.41, 5.74) is 2.07. The van der Waals surface area contributed by atoms with Crippen molar-refractivity contribution in [2.75, 3.05) is 37.7 Å². The van der Waals surface area contributed by atoms with Gasteiger partial charge in [0.1, 0.15) is 0 Å². The van der Waals surface area contributed by atoms with E-state index in [4.69, 9.17) is 4.74 Å². The Morgan fingerprint density at radius 3 is 2.15 bits per heavy atom. The summed E-state index contributed by atoms with van der Waals surface area (Å²) in [6, 6.07) is 19.6. The second-order valence-electron chi connectivity index (χ2n) is 6.06. The van der Waals surface area contributed by atoms with Gasteiger partial charge in [0.05, 0.1) is 0 Å². The predicted molar refractivity (Wildman–Crippen MR) is 102 cm³/mol. The zero-order valence-electron chi connectivity index (χ0n) is 14.6. The van der Waals surface area contributed by atoms with Gasteiger partial charge in [0.2, 0.25) is 0 Å². The summed E-state index contributed by atoms with van der Waals surface area (Å²) < 4.78 is 5.06. The number of hydrogen-bond acceptors (Lipinski definition) is 4. The van der Waals surface area contributed by atoms with Crippen LogP contribution in [0.2, 0.25) is 0 Å². The van der Waals surface area contributed by atoms with Gasteiger partial charge in [-0.2, -0.15) is 0 Å². The number of carbonyl (C=O) groups excluding carboxylic acids is 2. The Balaban J connectivity index is 1.42. The van der Waals surface area contributed by atoms with E-state index in [1.807, 2.05) is 48.5 Å². The van der Waals surface area contributed by atoms with Crippen LogP contribution in [0.25, 0.3) is 6.08 Å². The van der Waals surface area contributed by atoms with Crippen LogP contribution in [0, 0.1) is 0 Å². The minimum atomic E-state index is -0.509. The molecule has 0 unspecified atom stereocenters. The SMILES string of the molecule is O=C(C=Cc1ccccc1)OCC(=O)N1CCN(c2ccccc2)CC1. The number of para-hydroxylation sites is 1. The smallest absolute Gasteiger partial charge is 0.331 e. The minimum Gasteiger partial charge on any atom is -0.452 e. The molecule has 5 nitrogen and oxygen atoms in total. The van der Waals surface area contributed by atoms with Gasteiger partial charge < -0.3 is 14.5 Å². The molecule has 0 aliphatic carbocycles.